The van der Waals surface area contributed by atoms with E-state index in [9.17, 15) is 0 Å². The molecule has 0 atom stereocenters. The molecule has 0 radical (unpaired) electrons. The van der Waals surface area contributed by atoms with Crippen LogP contribution in [0.15, 0.2) is 160 Å². The van der Waals surface area contributed by atoms with Gasteiger partial charge in [0.2, 0.25) is 0 Å². The standard InChI is InChI=1S/C44H25N3O2/c1-5-14-34-32(12-1)42-33-13-2-6-15-35(33)47-43-36(16-9-17-37(43)46(34)44(42)47)45(26-20-22-30-28-10-3-7-18-38(28)48-40(30)24-26)27-21-23-31-29-11-4-8-19-39(29)49-41(31)25-27/h1-25H. The molecule has 0 amide bonds. The highest BCUT2D eigenvalue weighted by molar-refractivity contribution is 6.25. The van der Waals surface area contributed by atoms with Crippen molar-refractivity contribution in [3.63, 3.8) is 0 Å². The van der Waals surface area contributed by atoms with Gasteiger partial charge < -0.3 is 13.7 Å². The van der Waals surface area contributed by atoms with E-state index >= 15 is 0 Å². The summed E-state index contributed by atoms with van der Waals surface area (Å²) in [7, 11) is 0. The molecule has 0 aliphatic rings. The maximum atomic E-state index is 6.44. The van der Waals surface area contributed by atoms with Crippen LogP contribution in [0.3, 0.4) is 0 Å². The molecule has 5 nitrogen and oxygen atoms in total. The second-order valence-corrected chi connectivity index (χ2v) is 12.9. The first-order valence-corrected chi connectivity index (χ1v) is 16.6. The fourth-order valence-electron chi connectivity index (χ4n) is 8.41. The van der Waals surface area contributed by atoms with Crippen LogP contribution in [-0.2, 0) is 0 Å². The van der Waals surface area contributed by atoms with Crippen molar-refractivity contribution in [2.75, 3.05) is 4.90 Å². The van der Waals surface area contributed by atoms with Crippen molar-refractivity contribution in [3.8, 4) is 0 Å². The number of imidazole rings is 1. The third-order valence-corrected chi connectivity index (χ3v) is 10.4. The van der Waals surface area contributed by atoms with Crippen LogP contribution in [0, 0.1) is 0 Å². The summed E-state index contributed by atoms with van der Waals surface area (Å²) in [5.41, 5.74) is 12.5. The number of fused-ring (bicyclic) bond motifs is 15. The summed E-state index contributed by atoms with van der Waals surface area (Å²) in [6.07, 6.45) is 0. The summed E-state index contributed by atoms with van der Waals surface area (Å²) in [5.74, 6) is 0. The molecule has 0 saturated carbocycles. The molecule has 5 aromatic heterocycles. The Hall–Kier alpha value is -6.72. The number of hydrogen-bond donors (Lipinski definition) is 0. The van der Waals surface area contributed by atoms with Crippen LogP contribution in [0.4, 0.5) is 17.1 Å². The van der Waals surface area contributed by atoms with Gasteiger partial charge in [-0.25, -0.2) is 0 Å². The molecule has 5 heteroatoms. The van der Waals surface area contributed by atoms with E-state index < -0.39 is 0 Å². The van der Waals surface area contributed by atoms with Gasteiger partial charge in [0.1, 0.15) is 28.0 Å². The van der Waals surface area contributed by atoms with Crippen molar-refractivity contribution in [2.24, 2.45) is 0 Å². The predicted molar refractivity (Wildman–Crippen MR) is 201 cm³/mol. The van der Waals surface area contributed by atoms with E-state index in [-0.39, 0.29) is 0 Å². The minimum atomic E-state index is 0.854. The molecule has 5 heterocycles. The normalized spacial score (nSPS) is 12.5. The first kappa shape index (κ1) is 25.4. The first-order chi connectivity index (χ1) is 24.3. The predicted octanol–water partition coefficient (Wildman–Crippen LogP) is 12.4. The number of rotatable bonds is 3. The van der Waals surface area contributed by atoms with Gasteiger partial charge in [0.05, 0.1) is 27.8 Å². The highest BCUT2D eigenvalue weighted by Gasteiger charge is 2.27. The van der Waals surface area contributed by atoms with Gasteiger partial charge in [0, 0.05) is 61.2 Å². The summed E-state index contributed by atoms with van der Waals surface area (Å²) < 4.78 is 17.8. The summed E-state index contributed by atoms with van der Waals surface area (Å²) in [6.45, 7) is 0. The molecule has 0 unspecified atom stereocenters. The highest BCUT2D eigenvalue weighted by atomic mass is 16.3. The molecular formula is C44H25N3O2. The third kappa shape index (κ3) is 3.19. The molecule has 7 aromatic carbocycles. The van der Waals surface area contributed by atoms with Crippen LogP contribution in [0.5, 0.6) is 0 Å². The molecule has 0 bridgehead atoms. The highest BCUT2D eigenvalue weighted by Crippen LogP contribution is 2.47. The fourth-order valence-corrected chi connectivity index (χ4v) is 8.41. The Morgan fingerprint density at radius 2 is 0.878 bits per heavy atom. The largest absolute Gasteiger partial charge is 0.456 e. The van der Waals surface area contributed by atoms with E-state index in [1.807, 2.05) is 24.3 Å². The van der Waals surface area contributed by atoms with Gasteiger partial charge in [0.15, 0.2) is 0 Å². The summed E-state index contributed by atoms with van der Waals surface area (Å²) >= 11 is 0. The smallest absolute Gasteiger partial charge is 0.137 e. The van der Waals surface area contributed by atoms with Gasteiger partial charge in [0.25, 0.3) is 0 Å². The second kappa shape index (κ2) is 9.00. The van der Waals surface area contributed by atoms with Crippen molar-refractivity contribution >= 4 is 105 Å². The van der Waals surface area contributed by atoms with Crippen LogP contribution in [0.1, 0.15) is 0 Å². The molecule has 0 spiro atoms. The number of furan rings is 2. The Morgan fingerprint density at radius 3 is 1.49 bits per heavy atom. The molecule has 0 aliphatic carbocycles. The zero-order valence-electron chi connectivity index (χ0n) is 26.1. The summed E-state index contributed by atoms with van der Waals surface area (Å²) in [4.78, 5) is 2.35. The Labute approximate surface area is 278 Å². The Balaban J connectivity index is 1.22. The van der Waals surface area contributed by atoms with Gasteiger partial charge >= 0.3 is 0 Å². The Bertz CT molecular complexity index is 3180. The summed E-state index contributed by atoms with van der Waals surface area (Å²) in [5, 5.41) is 8.25. The van der Waals surface area contributed by atoms with E-state index in [0.29, 0.717) is 0 Å². The SMILES string of the molecule is c1ccc2c(c1)oc1cc(N(c3ccc4c(c3)oc3ccccc34)c3cccc4c3n3c5ccccc5c5c6ccccc6n4c53)ccc12. The molecule has 0 N–H and O–H groups in total. The van der Waals surface area contributed by atoms with E-state index in [1.165, 1.54) is 32.8 Å². The lowest BCUT2D eigenvalue weighted by atomic mass is 10.1. The van der Waals surface area contributed by atoms with Gasteiger partial charge in [-0.2, -0.15) is 0 Å². The van der Waals surface area contributed by atoms with Crippen molar-refractivity contribution in [3.05, 3.63) is 152 Å². The average Bonchev–Trinajstić information content (AvgIpc) is 3.94. The van der Waals surface area contributed by atoms with Crippen LogP contribution in [0.2, 0.25) is 0 Å². The number of para-hydroxylation sites is 5. The van der Waals surface area contributed by atoms with Crippen molar-refractivity contribution in [1.29, 1.82) is 0 Å². The van der Waals surface area contributed by atoms with Crippen molar-refractivity contribution < 1.29 is 8.83 Å². The topological polar surface area (TPSA) is 38.3 Å². The van der Waals surface area contributed by atoms with E-state index in [4.69, 9.17) is 8.83 Å². The molecular weight excluding hydrogens is 603 g/mol. The lowest BCUT2D eigenvalue weighted by Crippen LogP contribution is -2.11. The van der Waals surface area contributed by atoms with Gasteiger partial charge in [-0.1, -0.05) is 78.9 Å². The van der Waals surface area contributed by atoms with E-state index in [0.717, 1.165) is 72.0 Å². The average molecular weight is 628 g/mol. The van der Waals surface area contributed by atoms with Crippen LogP contribution in [-0.4, -0.2) is 8.80 Å². The lowest BCUT2D eigenvalue weighted by Gasteiger charge is -2.26. The number of anilines is 3. The molecule has 49 heavy (non-hydrogen) atoms. The molecule has 0 fully saturated rings. The number of nitrogens with zero attached hydrogens (tertiary/aromatic N) is 3. The summed E-state index contributed by atoms with van der Waals surface area (Å²) in [6, 6.07) is 53.8. The van der Waals surface area contributed by atoms with Gasteiger partial charge in [-0.15, -0.1) is 0 Å². The minimum absolute atomic E-state index is 0.854. The van der Waals surface area contributed by atoms with Crippen LogP contribution >= 0.6 is 0 Å². The maximum Gasteiger partial charge on any atom is 0.137 e. The van der Waals surface area contributed by atoms with E-state index in [2.05, 4.69) is 141 Å². The Kier molecular flexibility index (Phi) is 4.66. The number of hydrogen-bond acceptors (Lipinski definition) is 3. The zero-order valence-corrected chi connectivity index (χ0v) is 26.1. The molecule has 0 saturated heterocycles. The second-order valence-electron chi connectivity index (χ2n) is 12.9. The lowest BCUT2D eigenvalue weighted by molar-refractivity contribution is 0.669. The minimum Gasteiger partial charge on any atom is -0.456 e. The monoisotopic (exact) mass is 627 g/mol. The van der Waals surface area contributed by atoms with E-state index in [1.54, 1.807) is 0 Å². The Morgan fingerprint density at radius 1 is 0.388 bits per heavy atom. The van der Waals surface area contributed by atoms with Gasteiger partial charge in [-0.3, -0.25) is 8.80 Å². The zero-order chi connectivity index (χ0) is 31.8. The first-order valence-electron chi connectivity index (χ1n) is 16.6. The molecule has 0 aliphatic heterocycles. The quantitative estimate of drug-likeness (QED) is 0.196. The number of aromatic nitrogens is 2. The molecule has 12 aromatic rings. The molecule has 228 valence electrons. The molecule has 12 rings (SSSR count). The van der Waals surface area contributed by atoms with Gasteiger partial charge in [-0.05, 0) is 60.7 Å². The van der Waals surface area contributed by atoms with Crippen molar-refractivity contribution in [1.82, 2.24) is 8.80 Å². The van der Waals surface area contributed by atoms with Crippen molar-refractivity contribution in [2.45, 2.75) is 0 Å². The fraction of sp³-hybridized carbons (Fsp3) is 0. The van der Waals surface area contributed by atoms with Crippen LogP contribution in [0.25, 0.3) is 87.7 Å². The third-order valence-electron chi connectivity index (χ3n) is 10.4. The van der Waals surface area contributed by atoms with Crippen LogP contribution < -0.4 is 4.90 Å². The number of benzene rings is 7. The maximum absolute atomic E-state index is 6.44.